The summed E-state index contributed by atoms with van der Waals surface area (Å²) in [5.74, 6) is 0.0449. The molecule has 6 heteroatoms. The van der Waals surface area contributed by atoms with E-state index in [0.29, 0.717) is 10.5 Å². The van der Waals surface area contributed by atoms with E-state index >= 15 is 0 Å². The van der Waals surface area contributed by atoms with Crippen molar-refractivity contribution in [1.29, 1.82) is 0 Å². The molecule has 3 rings (SSSR count). The van der Waals surface area contributed by atoms with Crippen molar-refractivity contribution in [2.45, 2.75) is 13.5 Å². The van der Waals surface area contributed by atoms with Crippen LogP contribution in [0.25, 0.3) is 10.9 Å². The molecular weight excluding hydrogens is 318 g/mol. The molecule has 1 aromatic heterocycles. The summed E-state index contributed by atoms with van der Waals surface area (Å²) in [4.78, 5) is 23.7. The van der Waals surface area contributed by atoms with Crippen molar-refractivity contribution in [3.63, 3.8) is 0 Å². The van der Waals surface area contributed by atoms with E-state index in [-0.39, 0.29) is 18.5 Å². The van der Waals surface area contributed by atoms with Crippen molar-refractivity contribution in [2.24, 2.45) is 0 Å². The van der Waals surface area contributed by atoms with Crippen molar-refractivity contribution in [3.05, 3.63) is 74.0 Å². The van der Waals surface area contributed by atoms with E-state index in [9.17, 15) is 9.59 Å². The summed E-state index contributed by atoms with van der Waals surface area (Å²) in [6, 6.07) is 12.4. The van der Waals surface area contributed by atoms with Gasteiger partial charge in [-0.25, -0.2) is 9.59 Å². The minimum Gasteiger partial charge on any atom is -0.491 e. The Labute approximate surface area is 136 Å². The third-order valence-corrected chi connectivity index (χ3v) is 3.77. The number of aromatic nitrogens is 1. The van der Waals surface area contributed by atoms with E-state index in [1.54, 1.807) is 12.1 Å². The van der Waals surface area contributed by atoms with Crippen LogP contribution in [0, 0.1) is 6.92 Å². The molecule has 0 aliphatic heterocycles. The number of fused-ring (bicyclic) bond motifs is 1. The number of para-hydroxylation sites is 1. The molecule has 0 spiro atoms. The smallest absolute Gasteiger partial charge is 0.422 e. The highest BCUT2D eigenvalue weighted by atomic mass is 35.5. The van der Waals surface area contributed by atoms with Crippen molar-refractivity contribution in [3.8, 4) is 5.75 Å². The first-order valence-electron chi connectivity index (χ1n) is 7.08. The highest BCUT2D eigenvalue weighted by Gasteiger charge is 2.10. The van der Waals surface area contributed by atoms with Crippen LogP contribution in [0.5, 0.6) is 5.75 Å². The van der Waals surface area contributed by atoms with Gasteiger partial charge in [0.1, 0.15) is 12.4 Å². The molecule has 0 amide bonds. The number of ether oxygens (including phenoxy) is 1. The van der Waals surface area contributed by atoms with E-state index in [1.807, 2.05) is 31.2 Å². The summed E-state index contributed by atoms with van der Waals surface area (Å²) in [7, 11) is 0. The molecule has 0 saturated carbocycles. The van der Waals surface area contributed by atoms with Crippen LogP contribution in [0.2, 0.25) is 5.02 Å². The third-order valence-electron chi connectivity index (χ3n) is 3.54. The molecule has 118 valence electrons. The van der Waals surface area contributed by atoms with Gasteiger partial charge in [0.15, 0.2) is 0 Å². The van der Waals surface area contributed by atoms with Crippen molar-refractivity contribution in [1.82, 2.24) is 4.57 Å². The molecule has 2 aromatic carbocycles. The van der Waals surface area contributed by atoms with E-state index in [4.69, 9.17) is 20.8 Å². The SMILES string of the molecule is Cc1ccccc1OCCn1c(=O)oc(=O)c2cc(Cl)ccc21. The predicted octanol–water partition coefficient (Wildman–Crippen LogP) is 3.00. The van der Waals surface area contributed by atoms with E-state index in [0.717, 1.165) is 11.3 Å². The van der Waals surface area contributed by atoms with Gasteiger partial charge < -0.3 is 9.15 Å². The van der Waals surface area contributed by atoms with Crippen LogP contribution < -0.4 is 16.1 Å². The lowest BCUT2D eigenvalue weighted by atomic mass is 10.2. The van der Waals surface area contributed by atoms with Crippen LogP contribution in [0.3, 0.4) is 0 Å². The quantitative estimate of drug-likeness (QED) is 0.737. The zero-order chi connectivity index (χ0) is 16.4. The maximum atomic E-state index is 12.0. The first kappa shape index (κ1) is 15.4. The summed E-state index contributed by atoms with van der Waals surface area (Å²) in [6.45, 7) is 2.48. The molecule has 0 fully saturated rings. The molecule has 0 saturated heterocycles. The Morgan fingerprint density at radius 3 is 2.74 bits per heavy atom. The maximum Gasteiger partial charge on any atom is 0.422 e. The van der Waals surface area contributed by atoms with Gasteiger partial charge in [0.25, 0.3) is 0 Å². The van der Waals surface area contributed by atoms with Gasteiger partial charge in [-0.1, -0.05) is 29.8 Å². The molecule has 23 heavy (non-hydrogen) atoms. The van der Waals surface area contributed by atoms with E-state index in [1.165, 1.54) is 10.6 Å². The van der Waals surface area contributed by atoms with Gasteiger partial charge in [0, 0.05) is 5.02 Å². The molecule has 0 N–H and O–H groups in total. The Balaban J connectivity index is 1.90. The molecule has 0 aliphatic rings. The van der Waals surface area contributed by atoms with Crippen LogP contribution in [-0.4, -0.2) is 11.2 Å². The normalized spacial score (nSPS) is 10.9. The fraction of sp³-hybridized carbons (Fsp3) is 0.176. The Kier molecular flexibility index (Phi) is 4.21. The summed E-state index contributed by atoms with van der Waals surface area (Å²) in [6.07, 6.45) is 0. The largest absolute Gasteiger partial charge is 0.491 e. The molecule has 0 bridgehead atoms. The number of hydrogen-bond donors (Lipinski definition) is 0. The number of benzene rings is 2. The van der Waals surface area contributed by atoms with Crippen LogP contribution in [0.15, 0.2) is 56.5 Å². The van der Waals surface area contributed by atoms with Crippen molar-refractivity contribution < 1.29 is 9.15 Å². The standard InChI is InChI=1S/C17H14ClNO4/c1-11-4-2-3-5-15(11)22-9-8-19-14-7-6-12(18)10-13(14)16(20)23-17(19)21/h2-7,10H,8-9H2,1H3. The lowest BCUT2D eigenvalue weighted by Crippen LogP contribution is -2.27. The first-order valence-corrected chi connectivity index (χ1v) is 7.46. The lowest BCUT2D eigenvalue weighted by molar-refractivity contribution is 0.286. The molecule has 5 nitrogen and oxygen atoms in total. The molecule has 3 aromatic rings. The average molecular weight is 332 g/mol. The van der Waals surface area contributed by atoms with Gasteiger partial charge in [-0.05, 0) is 36.8 Å². The second kappa shape index (κ2) is 6.30. The van der Waals surface area contributed by atoms with Crippen LogP contribution >= 0.6 is 11.6 Å². The number of halogens is 1. The second-order valence-electron chi connectivity index (χ2n) is 5.08. The molecule has 0 unspecified atom stereocenters. The summed E-state index contributed by atoms with van der Waals surface area (Å²) in [5, 5.41) is 0.680. The van der Waals surface area contributed by atoms with Crippen LogP contribution in [-0.2, 0) is 6.54 Å². The Morgan fingerprint density at radius 1 is 1.17 bits per heavy atom. The number of hydrogen-bond acceptors (Lipinski definition) is 4. The maximum absolute atomic E-state index is 12.0. The monoisotopic (exact) mass is 331 g/mol. The minimum absolute atomic E-state index is 0.259. The van der Waals surface area contributed by atoms with Gasteiger partial charge in [-0.2, -0.15) is 0 Å². The summed E-state index contributed by atoms with van der Waals surface area (Å²) >= 11 is 5.89. The first-order chi connectivity index (χ1) is 11.1. The van der Waals surface area contributed by atoms with E-state index < -0.39 is 11.4 Å². The highest BCUT2D eigenvalue weighted by molar-refractivity contribution is 6.31. The highest BCUT2D eigenvalue weighted by Crippen LogP contribution is 2.17. The zero-order valence-electron chi connectivity index (χ0n) is 12.4. The summed E-state index contributed by atoms with van der Waals surface area (Å²) in [5.41, 5.74) is 0.795. The molecule has 0 aliphatic carbocycles. The molecule has 1 heterocycles. The third kappa shape index (κ3) is 3.14. The van der Waals surface area contributed by atoms with Crippen LogP contribution in [0.4, 0.5) is 0 Å². The topological polar surface area (TPSA) is 61.4 Å². The van der Waals surface area contributed by atoms with Crippen LogP contribution in [0.1, 0.15) is 5.56 Å². The van der Waals surface area contributed by atoms with Crippen molar-refractivity contribution in [2.75, 3.05) is 6.61 Å². The lowest BCUT2D eigenvalue weighted by Gasteiger charge is -2.11. The minimum atomic E-state index is -0.710. The Bertz CT molecular complexity index is 974. The molecule has 0 atom stereocenters. The van der Waals surface area contributed by atoms with E-state index in [2.05, 4.69) is 0 Å². The Morgan fingerprint density at radius 2 is 1.96 bits per heavy atom. The zero-order valence-corrected chi connectivity index (χ0v) is 13.2. The average Bonchev–Trinajstić information content (AvgIpc) is 2.52. The number of rotatable bonds is 4. The molecule has 0 radical (unpaired) electrons. The predicted molar refractivity (Wildman–Crippen MR) is 88.4 cm³/mol. The number of aryl methyl sites for hydroxylation is 1. The van der Waals surface area contributed by atoms with Gasteiger partial charge in [0.2, 0.25) is 0 Å². The van der Waals surface area contributed by atoms with Gasteiger partial charge in [-0.3, -0.25) is 4.57 Å². The fourth-order valence-electron chi connectivity index (χ4n) is 2.37. The summed E-state index contributed by atoms with van der Waals surface area (Å²) < 4.78 is 11.8. The number of nitrogens with zero attached hydrogens (tertiary/aromatic N) is 1. The van der Waals surface area contributed by atoms with Gasteiger partial charge >= 0.3 is 11.4 Å². The van der Waals surface area contributed by atoms with Crippen molar-refractivity contribution >= 4 is 22.5 Å². The fourth-order valence-corrected chi connectivity index (χ4v) is 2.54. The van der Waals surface area contributed by atoms with Gasteiger partial charge in [-0.15, -0.1) is 0 Å². The second-order valence-corrected chi connectivity index (χ2v) is 5.52. The van der Waals surface area contributed by atoms with Gasteiger partial charge in [0.05, 0.1) is 17.4 Å². The molecular formula is C17H14ClNO4. The Hall–Kier alpha value is -2.53.